The number of hydrogen-bond acceptors (Lipinski definition) is 5. The predicted octanol–water partition coefficient (Wildman–Crippen LogP) is 2.12. The molecular formula is C12H13N3OS. The summed E-state index contributed by atoms with van der Waals surface area (Å²) < 4.78 is 5.62. The van der Waals surface area contributed by atoms with E-state index in [1.165, 1.54) is 0 Å². The number of hydrogen-bond donors (Lipinski definition) is 1. The van der Waals surface area contributed by atoms with Gasteiger partial charge < -0.3 is 15.4 Å². The van der Waals surface area contributed by atoms with Gasteiger partial charge in [0.2, 0.25) is 0 Å². The summed E-state index contributed by atoms with van der Waals surface area (Å²) >= 11 is 1.60. The van der Waals surface area contributed by atoms with E-state index in [1.54, 1.807) is 16.8 Å². The average molecular weight is 247 g/mol. The molecule has 2 N–H and O–H groups in total. The van der Waals surface area contributed by atoms with E-state index in [4.69, 9.17) is 10.5 Å². The molecule has 5 heteroatoms. The first-order valence-corrected chi connectivity index (χ1v) is 6.37. The van der Waals surface area contributed by atoms with Crippen LogP contribution in [0.4, 0.5) is 11.5 Å². The maximum absolute atomic E-state index is 5.82. The van der Waals surface area contributed by atoms with E-state index in [0.717, 1.165) is 36.0 Å². The molecular weight excluding hydrogens is 234 g/mol. The quantitative estimate of drug-likeness (QED) is 0.883. The van der Waals surface area contributed by atoms with Crippen LogP contribution >= 0.6 is 11.3 Å². The minimum atomic E-state index is 0.638. The molecule has 0 bridgehead atoms. The molecule has 2 heterocycles. The van der Waals surface area contributed by atoms with E-state index in [0.29, 0.717) is 5.82 Å². The zero-order valence-corrected chi connectivity index (χ0v) is 10.1. The van der Waals surface area contributed by atoms with Crippen LogP contribution in [-0.2, 0) is 6.54 Å². The van der Waals surface area contributed by atoms with Gasteiger partial charge in [-0.15, -0.1) is 11.3 Å². The highest BCUT2D eigenvalue weighted by Gasteiger charge is 2.18. The third kappa shape index (κ3) is 1.93. The number of ether oxygens (including phenoxy) is 1. The second-order valence-electron chi connectivity index (χ2n) is 3.90. The van der Waals surface area contributed by atoms with E-state index in [9.17, 15) is 0 Å². The van der Waals surface area contributed by atoms with Crippen molar-refractivity contribution < 1.29 is 4.74 Å². The molecule has 0 fully saturated rings. The Labute approximate surface area is 104 Å². The molecule has 4 nitrogen and oxygen atoms in total. The molecule has 17 heavy (non-hydrogen) atoms. The van der Waals surface area contributed by atoms with Gasteiger partial charge in [-0.3, -0.25) is 0 Å². The van der Waals surface area contributed by atoms with Crippen molar-refractivity contribution in [2.75, 3.05) is 23.8 Å². The van der Waals surface area contributed by atoms with Gasteiger partial charge in [0, 0.05) is 0 Å². The Balaban J connectivity index is 1.88. The van der Waals surface area contributed by atoms with Crippen LogP contribution in [0.1, 0.15) is 4.88 Å². The standard InChI is InChI=1S/C12H13N3OS/c13-12-11(17-8-14-12)7-15-5-6-16-10-4-2-1-3-9(10)15/h1-4,8H,5-7,13H2. The lowest BCUT2D eigenvalue weighted by molar-refractivity contribution is 0.307. The fourth-order valence-electron chi connectivity index (χ4n) is 1.96. The molecule has 1 aromatic carbocycles. The van der Waals surface area contributed by atoms with Gasteiger partial charge in [-0.1, -0.05) is 12.1 Å². The number of anilines is 2. The molecule has 0 atom stereocenters. The fraction of sp³-hybridized carbons (Fsp3) is 0.250. The third-order valence-corrected chi connectivity index (χ3v) is 3.67. The Morgan fingerprint density at radius 2 is 2.29 bits per heavy atom. The molecule has 0 saturated heterocycles. The highest BCUT2D eigenvalue weighted by Crippen LogP contribution is 2.33. The predicted molar refractivity (Wildman–Crippen MR) is 69.5 cm³/mol. The zero-order valence-electron chi connectivity index (χ0n) is 9.30. The Bertz CT molecular complexity index is 526. The normalized spacial score (nSPS) is 14.2. The van der Waals surface area contributed by atoms with Crippen molar-refractivity contribution in [3.05, 3.63) is 34.7 Å². The van der Waals surface area contributed by atoms with Crippen LogP contribution in [0.15, 0.2) is 29.8 Å². The van der Waals surface area contributed by atoms with Crippen LogP contribution in [0.2, 0.25) is 0 Å². The fourth-order valence-corrected chi connectivity index (χ4v) is 2.66. The Morgan fingerprint density at radius 1 is 1.41 bits per heavy atom. The van der Waals surface area contributed by atoms with Gasteiger partial charge in [0.15, 0.2) is 0 Å². The second kappa shape index (κ2) is 4.25. The largest absolute Gasteiger partial charge is 0.490 e. The van der Waals surface area contributed by atoms with Gasteiger partial charge in [0.05, 0.1) is 29.2 Å². The van der Waals surface area contributed by atoms with E-state index >= 15 is 0 Å². The first-order valence-electron chi connectivity index (χ1n) is 5.49. The Kier molecular flexibility index (Phi) is 2.60. The molecule has 0 aliphatic carbocycles. The molecule has 0 saturated carbocycles. The van der Waals surface area contributed by atoms with Crippen LogP contribution in [0.5, 0.6) is 5.75 Å². The minimum absolute atomic E-state index is 0.638. The van der Waals surface area contributed by atoms with Gasteiger partial charge in [0.1, 0.15) is 18.2 Å². The summed E-state index contributed by atoms with van der Waals surface area (Å²) in [5.74, 6) is 1.58. The number of benzene rings is 1. The number of para-hydroxylation sites is 2. The van der Waals surface area contributed by atoms with Gasteiger partial charge in [-0.2, -0.15) is 0 Å². The maximum Gasteiger partial charge on any atom is 0.142 e. The molecule has 0 amide bonds. The topological polar surface area (TPSA) is 51.4 Å². The first-order chi connectivity index (χ1) is 8.34. The van der Waals surface area contributed by atoms with E-state index in [1.807, 2.05) is 18.2 Å². The minimum Gasteiger partial charge on any atom is -0.490 e. The van der Waals surface area contributed by atoms with E-state index < -0.39 is 0 Å². The number of fused-ring (bicyclic) bond motifs is 1. The summed E-state index contributed by atoms with van der Waals surface area (Å²) in [5, 5.41) is 0. The van der Waals surface area contributed by atoms with Crippen molar-refractivity contribution in [2.24, 2.45) is 0 Å². The molecule has 3 rings (SSSR count). The number of nitrogens with zero attached hydrogens (tertiary/aromatic N) is 2. The maximum atomic E-state index is 5.82. The molecule has 1 aromatic heterocycles. The molecule has 0 radical (unpaired) electrons. The van der Waals surface area contributed by atoms with Crippen LogP contribution in [-0.4, -0.2) is 18.1 Å². The van der Waals surface area contributed by atoms with Crippen molar-refractivity contribution in [1.29, 1.82) is 0 Å². The van der Waals surface area contributed by atoms with Gasteiger partial charge in [0.25, 0.3) is 0 Å². The van der Waals surface area contributed by atoms with Crippen molar-refractivity contribution >= 4 is 22.8 Å². The summed E-state index contributed by atoms with van der Waals surface area (Å²) in [7, 11) is 0. The molecule has 0 spiro atoms. The highest BCUT2D eigenvalue weighted by molar-refractivity contribution is 7.10. The third-order valence-electron chi connectivity index (χ3n) is 2.83. The number of rotatable bonds is 2. The highest BCUT2D eigenvalue weighted by atomic mass is 32.1. The van der Waals surface area contributed by atoms with Crippen molar-refractivity contribution in [3.8, 4) is 5.75 Å². The average Bonchev–Trinajstić information content (AvgIpc) is 2.76. The van der Waals surface area contributed by atoms with Crippen molar-refractivity contribution in [3.63, 3.8) is 0 Å². The zero-order chi connectivity index (χ0) is 11.7. The smallest absolute Gasteiger partial charge is 0.142 e. The lowest BCUT2D eigenvalue weighted by Gasteiger charge is -2.30. The molecule has 2 aromatic rings. The van der Waals surface area contributed by atoms with Gasteiger partial charge >= 0.3 is 0 Å². The van der Waals surface area contributed by atoms with E-state index in [-0.39, 0.29) is 0 Å². The summed E-state index contributed by atoms with van der Waals surface area (Å²) in [4.78, 5) is 7.47. The van der Waals surface area contributed by atoms with E-state index in [2.05, 4.69) is 16.0 Å². The summed E-state index contributed by atoms with van der Waals surface area (Å²) in [6.07, 6.45) is 0. The van der Waals surface area contributed by atoms with Crippen molar-refractivity contribution in [2.45, 2.75) is 6.54 Å². The number of aromatic nitrogens is 1. The monoisotopic (exact) mass is 247 g/mol. The van der Waals surface area contributed by atoms with Crippen LogP contribution in [0.3, 0.4) is 0 Å². The Hall–Kier alpha value is -1.75. The summed E-state index contributed by atoms with van der Waals surface area (Å²) in [5.41, 5.74) is 8.74. The van der Waals surface area contributed by atoms with Crippen molar-refractivity contribution in [1.82, 2.24) is 4.98 Å². The molecule has 1 aliphatic rings. The second-order valence-corrected chi connectivity index (χ2v) is 4.84. The summed E-state index contributed by atoms with van der Waals surface area (Å²) in [6, 6.07) is 8.09. The molecule has 88 valence electrons. The number of thiazole rings is 1. The molecule has 0 unspecified atom stereocenters. The van der Waals surface area contributed by atoms with Crippen LogP contribution < -0.4 is 15.4 Å². The molecule has 1 aliphatic heterocycles. The lowest BCUT2D eigenvalue weighted by atomic mass is 10.2. The number of nitrogens with two attached hydrogens (primary N) is 1. The van der Waals surface area contributed by atoms with Crippen LogP contribution in [0, 0.1) is 0 Å². The van der Waals surface area contributed by atoms with Gasteiger partial charge in [-0.05, 0) is 12.1 Å². The van der Waals surface area contributed by atoms with Gasteiger partial charge in [-0.25, -0.2) is 4.98 Å². The SMILES string of the molecule is Nc1ncsc1CN1CCOc2ccccc21. The van der Waals surface area contributed by atoms with Crippen LogP contribution in [0.25, 0.3) is 0 Å². The summed E-state index contributed by atoms with van der Waals surface area (Å²) in [6.45, 7) is 2.40. The lowest BCUT2D eigenvalue weighted by Crippen LogP contribution is -2.32. The Morgan fingerprint density at radius 3 is 3.12 bits per heavy atom. The first kappa shape index (κ1) is 10.4. The number of nitrogen functional groups attached to an aromatic ring is 1.